The summed E-state index contributed by atoms with van der Waals surface area (Å²) >= 11 is 0. The summed E-state index contributed by atoms with van der Waals surface area (Å²) in [6.45, 7) is 0.673. The van der Waals surface area contributed by atoms with Gasteiger partial charge in [0.15, 0.2) is 6.61 Å². The predicted octanol–water partition coefficient (Wildman–Crippen LogP) is 3.30. The second kappa shape index (κ2) is 11.1. The van der Waals surface area contributed by atoms with E-state index in [4.69, 9.17) is 14.2 Å². The first-order chi connectivity index (χ1) is 16.9. The smallest absolute Gasteiger partial charge is 0.338 e. The number of sulfonamides is 1. The summed E-state index contributed by atoms with van der Waals surface area (Å²) in [6.07, 6.45) is 0. The Morgan fingerprint density at radius 2 is 1.60 bits per heavy atom. The molecule has 1 N–H and O–H groups in total. The lowest BCUT2D eigenvalue weighted by Gasteiger charge is -2.26. The van der Waals surface area contributed by atoms with Crippen LogP contribution in [0.1, 0.15) is 10.4 Å². The second-order valence-corrected chi connectivity index (χ2v) is 9.55. The van der Waals surface area contributed by atoms with E-state index in [0.29, 0.717) is 24.7 Å². The highest BCUT2D eigenvalue weighted by Gasteiger charge is 2.26. The number of morpholine rings is 1. The average Bonchev–Trinajstić information content (AvgIpc) is 2.89. The van der Waals surface area contributed by atoms with E-state index in [-0.39, 0.29) is 29.2 Å². The van der Waals surface area contributed by atoms with Gasteiger partial charge in [-0.25, -0.2) is 13.2 Å². The maximum Gasteiger partial charge on any atom is 0.338 e. The molecule has 0 aromatic heterocycles. The third-order valence-corrected chi connectivity index (χ3v) is 7.00. The molecule has 0 aliphatic carbocycles. The van der Waals surface area contributed by atoms with Crippen molar-refractivity contribution < 1.29 is 32.2 Å². The normalized spacial score (nSPS) is 14.2. The van der Waals surface area contributed by atoms with Gasteiger partial charge in [-0.15, -0.1) is 0 Å². The van der Waals surface area contributed by atoms with Crippen LogP contribution in [0, 0.1) is 0 Å². The topological polar surface area (TPSA) is 111 Å². The fourth-order valence-corrected chi connectivity index (χ4v) is 4.85. The van der Waals surface area contributed by atoms with Crippen LogP contribution in [0.3, 0.4) is 0 Å². The maximum atomic E-state index is 12.8. The molecule has 0 unspecified atom stereocenters. The number of rotatable bonds is 8. The number of benzene rings is 3. The molecule has 1 aliphatic rings. The summed E-state index contributed by atoms with van der Waals surface area (Å²) < 4.78 is 43.0. The highest BCUT2D eigenvalue weighted by atomic mass is 32.2. The van der Waals surface area contributed by atoms with Gasteiger partial charge in [0.05, 0.1) is 23.7 Å². The van der Waals surface area contributed by atoms with Crippen molar-refractivity contribution in [1.29, 1.82) is 0 Å². The van der Waals surface area contributed by atoms with Crippen molar-refractivity contribution in [2.75, 3.05) is 38.2 Å². The zero-order valence-electron chi connectivity index (χ0n) is 18.8. The SMILES string of the molecule is O=C(COC(=O)c1cccc(Oc2ccccc2)c1)Nc1cccc(S(=O)(=O)N2CCOCC2)c1. The molecule has 1 saturated heterocycles. The van der Waals surface area contributed by atoms with Crippen LogP contribution in [0.5, 0.6) is 11.5 Å². The van der Waals surface area contributed by atoms with Crippen LogP contribution in [-0.2, 0) is 24.3 Å². The van der Waals surface area contributed by atoms with E-state index >= 15 is 0 Å². The van der Waals surface area contributed by atoms with E-state index in [1.54, 1.807) is 36.4 Å². The van der Waals surface area contributed by atoms with Crippen molar-refractivity contribution in [3.8, 4) is 11.5 Å². The second-order valence-electron chi connectivity index (χ2n) is 7.61. The van der Waals surface area contributed by atoms with Crippen LogP contribution in [0.15, 0.2) is 83.8 Å². The van der Waals surface area contributed by atoms with Crippen molar-refractivity contribution in [2.45, 2.75) is 4.90 Å². The summed E-state index contributed by atoms with van der Waals surface area (Å²) in [4.78, 5) is 24.8. The molecule has 0 bridgehead atoms. The van der Waals surface area contributed by atoms with Gasteiger partial charge in [0, 0.05) is 18.8 Å². The zero-order chi connectivity index (χ0) is 24.7. The number of hydrogen-bond acceptors (Lipinski definition) is 7. The van der Waals surface area contributed by atoms with E-state index in [0.717, 1.165) is 0 Å². The molecule has 3 aromatic carbocycles. The number of nitrogens with one attached hydrogen (secondary N) is 1. The highest BCUT2D eigenvalue weighted by molar-refractivity contribution is 7.89. The largest absolute Gasteiger partial charge is 0.457 e. The lowest BCUT2D eigenvalue weighted by Crippen LogP contribution is -2.40. The molecule has 0 radical (unpaired) electrons. The quantitative estimate of drug-likeness (QED) is 0.477. The third kappa shape index (κ3) is 6.44. The molecule has 9 nitrogen and oxygen atoms in total. The van der Waals surface area contributed by atoms with Crippen molar-refractivity contribution in [3.63, 3.8) is 0 Å². The van der Waals surface area contributed by atoms with Gasteiger partial charge in [-0.05, 0) is 48.5 Å². The molecule has 0 spiro atoms. The lowest BCUT2D eigenvalue weighted by molar-refractivity contribution is -0.119. The fourth-order valence-electron chi connectivity index (χ4n) is 3.39. The molecular formula is C25H24N2O7S. The van der Waals surface area contributed by atoms with E-state index in [9.17, 15) is 18.0 Å². The van der Waals surface area contributed by atoms with Crippen molar-refractivity contribution in [3.05, 3.63) is 84.4 Å². The lowest BCUT2D eigenvalue weighted by atomic mass is 10.2. The molecule has 1 aliphatic heterocycles. The minimum atomic E-state index is -3.70. The molecule has 1 amide bonds. The summed E-state index contributed by atoms with van der Waals surface area (Å²) in [5.41, 5.74) is 0.503. The number of para-hydroxylation sites is 1. The van der Waals surface area contributed by atoms with Crippen LogP contribution >= 0.6 is 0 Å². The van der Waals surface area contributed by atoms with Crippen molar-refractivity contribution in [1.82, 2.24) is 4.31 Å². The first kappa shape index (κ1) is 24.4. The molecule has 0 saturated carbocycles. The monoisotopic (exact) mass is 496 g/mol. The van der Waals surface area contributed by atoms with E-state index in [1.807, 2.05) is 18.2 Å². The first-order valence-corrected chi connectivity index (χ1v) is 12.3. The maximum absolute atomic E-state index is 12.8. The number of carbonyl (C=O) groups excluding carboxylic acids is 2. The summed E-state index contributed by atoms with van der Waals surface area (Å²) in [6, 6.07) is 21.5. The molecule has 1 heterocycles. The summed E-state index contributed by atoms with van der Waals surface area (Å²) in [7, 11) is -3.70. The van der Waals surface area contributed by atoms with Crippen LogP contribution in [0.2, 0.25) is 0 Å². The number of carbonyl (C=O) groups is 2. The van der Waals surface area contributed by atoms with Crippen LogP contribution in [0.25, 0.3) is 0 Å². The molecule has 35 heavy (non-hydrogen) atoms. The Morgan fingerprint density at radius 1 is 0.886 bits per heavy atom. The van der Waals surface area contributed by atoms with Gasteiger partial charge in [-0.3, -0.25) is 4.79 Å². The van der Waals surface area contributed by atoms with Gasteiger partial charge < -0.3 is 19.5 Å². The summed E-state index contributed by atoms with van der Waals surface area (Å²) in [5.74, 6) is -0.220. The molecule has 182 valence electrons. The molecular weight excluding hydrogens is 472 g/mol. The zero-order valence-corrected chi connectivity index (χ0v) is 19.6. The first-order valence-electron chi connectivity index (χ1n) is 10.9. The van der Waals surface area contributed by atoms with Crippen LogP contribution in [0.4, 0.5) is 5.69 Å². The number of ether oxygens (including phenoxy) is 3. The van der Waals surface area contributed by atoms with Gasteiger partial charge in [0.1, 0.15) is 11.5 Å². The Hall–Kier alpha value is -3.73. The number of amides is 1. The van der Waals surface area contributed by atoms with E-state index < -0.39 is 28.5 Å². The number of esters is 1. The number of hydrogen-bond donors (Lipinski definition) is 1. The van der Waals surface area contributed by atoms with Gasteiger partial charge >= 0.3 is 5.97 Å². The third-order valence-electron chi connectivity index (χ3n) is 5.11. The predicted molar refractivity (Wildman–Crippen MR) is 128 cm³/mol. The molecule has 0 atom stereocenters. The standard InChI is InChI=1S/C25H24N2O7S/c28-24(26-20-7-5-11-23(17-20)35(30,31)27-12-14-32-15-13-27)18-33-25(29)19-6-4-10-22(16-19)34-21-8-2-1-3-9-21/h1-11,16-17H,12-15,18H2,(H,26,28). The number of anilines is 1. The van der Waals surface area contributed by atoms with Crippen molar-refractivity contribution >= 4 is 27.6 Å². The van der Waals surface area contributed by atoms with Crippen LogP contribution < -0.4 is 10.1 Å². The highest BCUT2D eigenvalue weighted by Crippen LogP contribution is 2.23. The Balaban J connectivity index is 1.33. The minimum Gasteiger partial charge on any atom is -0.457 e. The van der Waals surface area contributed by atoms with Crippen LogP contribution in [-0.4, -0.2) is 57.5 Å². The van der Waals surface area contributed by atoms with Gasteiger partial charge in [-0.2, -0.15) is 4.31 Å². The minimum absolute atomic E-state index is 0.0597. The van der Waals surface area contributed by atoms with E-state index in [1.165, 1.54) is 28.6 Å². The van der Waals surface area contributed by atoms with Gasteiger partial charge in [0.2, 0.25) is 10.0 Å². The molecule has 4 rings (SSSR count). The Bertz CT molecular complexity index is 1290. The van der Waals surface area contributed by atoms with Gasteiger partial charge in [-0.1, -0.05) is 30.3 Å². The Labute approximate surface area is 203 Å². The summed E-state index contributed by atoms with van der Waals surface area (Å²) in [5, 5.41) is 2.56. The Kier molecular flexibility index (Phi) is 7.76. The molecule has 3 aromatic rings. The number of nitrogens with zero attached hydrogens (tertiary/aromatic N) is 1. The van der Waals surface area contributed by atoms with Crippen molar-refractivity contribution in [2.24, 2.45) is 0 Å². The average molecular weight is 497 g/mol. The fraction of sp³-hybridized carbons (Fsp3) is 0.200. The van der Waals surface area contributed by atoms with Gasteiger partial charge in [0.25, 0.3) is 5.91 Å². The van der Waals surface area contributed by atoms with E-state index in [2.05, 4.69) is 5.32 Å². The molecule has 1 fully saturated rings. The Morgan fingerprint density at radius 3 is 2.37 bits per heavy atom. The molecule has 10 heteroatoms.